The first-order chi connectivity index (χ1) is 7.09. The normalized spacial score (nSPS) is 35.0. The van der Waals surface area contributed by atoms with Crippen LogP contribution in [0.3, 0.4) is 0 Å². The number of carbonyl (C=O) groups excluding carboxylic acids is 1. The Morgan fingerprint density at radius 3 is 2.73 bits per heavy atom. The molecule has 0 aromatic carbocycles. The SMILES string of the molecule is CC(=O)N1CCO[C@@H]2C[C@H](C(=O)O)C[C@@H]21. The zero-order valence-corrected chi connectivity index (χ0v) is 8.68. The number of morpholine rings is 1. The smallest absolute Gasteiger partial charge is 0.306 e. The number of carbonyl (C=O) groups is 2. The number of amides is 1. The first-order valence-electron chi connectivity index (χ1n) is 5.21. The molecule has 0 radical (unpaired) electrons. The third-order valence-electron chi connectivity index (χ3n) is 3.29. The van der Waals surface area contributed by atoms with E-state index in [1.54, 1.807) is 4.90 Å². The molecule has 0 unspecified atom stereocenters. The average Bonchev–Trinajstić information content (AvgIpc) is 2.60. The lowest BCUT2D eigenvalue weighted by molar-refractivity contribution is -0.142. The van der Waals surface area contributed by atoms with E-state index in [1.807, 2.05) is 0 Å². The van der Waals surface area contributed by atoms with Gasteiger partial charge in [-0.15, -0.1) is 0 Å². The van der Waals surface area contributed by atoms with Crippen LogP contribution in [0.2, 0.25) is 0 Å². The summed E-state index contributed by atoms with van der Waals surface area (Å²) in [6.45, 7) is 2.63. The van der Waals surface area contributed by atoms with Crippen LogP contribution in [0.15, 0.2) is 0 Å². The van der Waals surface area contributed by atoms with Crippen molar-refractivity contribution in [3.8, 4) is 0 Å². The number of hydrogen-bond acceptors (Lipinski definition) is 3. The largest absolute Gasteiger partial charge is 0.481 e. The second kappa shape index (κ2) is 3.81. The number of rotatable bonds is 1. The highest BCUT2D eigenvalue weighted by Gasteiger charge is 2.44. The lowest BCUT2D eigenvalue weighted by Gasteiger charge is -2.36. The molecule has 1 saturated carbocycles. The summed E-state index contributed by atoms with van der Waals surface area (Å²) in [6, 6.07) is -0.0302. The molecule has 2 aliphatic rings. The number of carboxylic acid groups (broad SMARTS) is 1. The summed E-state index contributed by atoms with van der Waals surface area (Å²) in [5.41, 5.74) is 0. The van der Waals surface area contributed by atoms with Crippen LogP contribution in [0.25, 0.3) is 0 Å². The zero-order valence-electron chi connectivity index (χ0n) is 8.68. The van der Waals surface area contributed by atoms with E-state index in [0.29, 0.717) is 26.0 Å². The van der Waals surface area contributed by atoms with Crippen molar-refractivity contribution in [2.45, 2.75) is 31.9 Å². The van der Waals surface area contributed by atoms with Crippen molar-refractivity contribution in [2.75, 3.05) is 13.2 Å². The van der Waals surface area contributed by atoms with Crippen molar-refractivity contribution in [1.29, 1.82) is 0 Å². The Balaban J connectivity index is 2.10. The summed E-state index contributed by atoms with van der Waals surface area (Å²) in [6.07, 6.45) is 0.979. The maximum Gasteiger partial charge on any atom is 0.306 e. The molecule has 5 heteroatoms. The van der Waals surface area contributed by atoms with Gasteiger partial charge in [-0.2, -0.15) is 0 Å². The molecule has 0 aromatic heterocycles. The summed E-state index contributed by atoms with van der Waals surface area (Å²) in [5, 5.41) is 8.93. The topological polar surface area (TPSA) is 66.8 Å². The predicted molar refractivity (Wildman–Crippen MR) is 51.3 cm³/mol. The van der Waals surface area contributed by atoms with Crippen molar-refractivity contribution in [2.24, 2.45) is 5.92 Å². The summed E-state index contributed by atoms with van der Waals surface area (Å²) >= 11 is 0. The van der Waals surface area contributed by atoms with Crippen LogP contribution in [-0.4, -0.2) is 47.2 Å². The fourth-order valence-electron chi connectivity index (χ4n) is 2.54. The van der Waals surface area contributed by atoms with Gasteiger partial charge in [0.05, 0.1) is 24.7 Å². The summed E-state index contributed by atoms with van der Waals surface area (Å²) in [5.74, 6) is -1.13. The van der Waals surface area contributed by atoms with E-state index in [1.165, 1.54) is 6.92 Å². The van der Waals surface area contributed by atoms with E-state index in [2.05, 4.69) is 0 Å². The highest BCUT2D eigenvalue weighted by molar-refractivity contribution is 5.75. The molecule has 3 atom stereocenters. The van der Waals surface area contributed by atoms with Crippen molar-refractivity contribution in [3.63, 3.8) is 0 Å². The van der Waals surface area contributed by atoms with Gasteiger partial charge in [-0.1, -0.05) is 0 Å². The summed E-state index contributed by atoms with van der Waals surface area (Å²) < 4.78 is 5.51. The lowest BCUT2D eigenvalue weighted by Crippen LogP contribution is -2.50. The maximum absolute atomic E-state index is 11.3. The van der Waals surface area contributed by atoms with Crippen molar-refractivity contribution in [1.82, 2.24) is 4.90 Å². The molecule has 0 bridgehead atoms. The quantitative estimate of drug-likeness (QED) is 0.670. The minimum absolute atomic E-state index is 0.0133. The number of ether oxygens (including phenoxy) is 1. The fraction of sp³-hybridized carbons (Fsp3) is 0.800. The highest BCUT2D eigenvalue weighted by atomic mass is 16.5. The molecule has 1 amide bonds. The molecular weight excluding hydrogens is 198 g/mol. The third kappa shape index (κ3) is 1.84. The van der Waals surface area contributed by atoms with E-state index in [0.717, 1.165) is 0 Å². The van der Waals surface area contributed by atoms with Gasteiger partial charge in [0.25, 0.3) is 0 Å². The lowest BCUT2D eigenvalue weighted by atomic mass is 10.1. The Bertz CT molecular complexity index is 291. The van der Waals surface area contributed by atoms with E-state index in [-0.39, 0.29) is 24.0 Å². The first-order valence-corrected chi connectivity index (χ1v) is 5.21. The standard InChI is InChI=1S/C10H15NO4/c1-6(12)11-2-3-15-9-5-7(10(13)14)4-8(9)11/h7-9H,2-5H2,1H3,(H,13,14)/t7-,8+,9-/m1/s1. The molecule has 1 N–H and O–H groups in total. The fourth-order valence-corrected chi connectivity index (χ4v) is 2.54. The van der Waals surface area contributed by atoms with Gasteiger partial charge < -0.3 is 14.7 Å². The molecule has 2 rings (SSSR count). The van der Waals surface area contributed by atoms with Gasteiger partial charge in [-0.05, 0) is 12.8 Å². The number of fused-ring (bicyclic) bond motifs is 1. The highest BCUT2D eigenvalue weighted by Crippen LogP contribution is 2.34. The molecule has 2 fully saturated rings. The molecule has 15 heavy (non-hydrogen) atoms. The van der Waals surface area contributed by atoms with Crippen LogP contribution in [0.5, 0.6) is 0 Å². The van der Waals surface area contributed by atoms with E-state index >= 15 is 0 Å². The average molecular weight is 213 g/mol. The van der Waals surface area contributed by atoms with Crippen molar-refractivity contribution < 1.29 is 19.4 Å². The van der Waals surface area contributed by atoms with Crippen LogP contribution in [0, 0.1) is 5.92 Å². The van der Waals surface area contributed by atoms with Crippen LogP contribution >= 0.6 is 0 Å². The van der Waals surface area contributed by atoms with Crippen molar-refractivity contribution in [3.05, 3.63) is 0 Å². The molecule has 0 spiro atoms. The molecule has 0 aromatic rings. The molecular formula is C10H15NO4. The van der Waals surface area contributed by atoms with Crippen molar-refractivity contribution >= 4 is 11.9 Å². The van der Waals surface area contributed by atoms with E-state index in [9.17, 15) is 9.59 Å². The Kier molecular flexibility index (Phi) is 2.65. The molecule has 1 aliphatic carbocycles. The molecule has 5 nitrogen and oxygen atoms in total. The molecule has 84 valence electrons. The molecule has 1 heterocycles. The maximum atomic E-state index is 11.3. The third-order valence-corrected chi connectivity index (χ3v) is 3.29. The minimum Gasteiger partial charge on any atom is -0.481 e. The zero-order chi connectivity index (χ0) is 11.0. The van der Waals surface area contributed by atoms with Gasteiger partial charge in [0, 0.05) is 13.5 Å². The van der Waals surface area contributed by atoms with E-state index in [4.69, 9.17) is 9.84 Å². The van der Waals surface area contributed by atoms with Gasteiger partial charge in [0.15, 0.2) is 0 Å². The number of aliphatic carboxylic acids is 1. The van der Waals surface area contributed by atoms with Gasteiger partial charge in [-0.25, -0.2) is 0 Å². The predicted octanol–water partition coefficient (Wildman–Crippen LogP) is 0.0969. The first kappa shape index (κ1) is 10.4. The summed E-state index contributed by atoms with van der Waals surface area (Å²) in [7, 11) is 0. The molecule has 1 saturated heterocycles. The van der Waals surface area contributed by atoms with Crippen LogP contribution in [0.4, 0.5) is 0 Å². The minimum atomic E-state index is -0.781. The van der Waals surface area contributed by atoms with Crippen LogP contribution in [-0.2, 0) is 14.3 Å². The van der Waals surface area contributed by atoms with Gasteiger partial charge in [0.1, 0.15) is 0 Å². The molecule has 1 aliphatic heterocycles. The monoisotopic (exact) mass is 213 g/mol. The Morgan fingerprint density at radius 1 is 1.40 bits per heavy atom. The Morgan fingerprint density at radius 2 is 2.13 bits per heavy atom. The number of hydrogen-bond donors (Lipinski definition) is 1. The summed E-state index contributed by atoms with van der Waals surface area (Å²) in [4.78, 5) is 24.0. The van der Waals surface area contributed by atoms with E-state index < -0.39 is 5.97 Å². The van der Waals surface area contributed by atoms with Gasteiger partial charge in [-0.3, -0.25) is 9.59 Å². The second-order valence-electron chi connectivity index (χ2n) is 4.20. The number of carboxylic acids is 1. The number of nitrogens with zero attached hydrogens (tertiary/aromatic N) is 1. The van der Waals surface area contributed by atoms with Crippen LogP contribution < -0.4 is 0 Å². The van der Waals surface area contributed by atoms with Gasteiger partial charge >= 0.3 is 5.97 Å². The van der Waals surface area contributed by atoms with Gasteiger partial charge in [0.2, 0.25) is 5.91 Å². The Labute approximate surface area is 88.0 Å². The van der Waals surface area contributed by atoms with Crippen LogP contribution in [0.1, 0.15) is 19.8 Å². The second-order valence-corrected chi connectivity index (χ2v) is 4.20. The Hall–Kier alpha value is -1.10.